The predicted octanol–water partition coefficient (Wildman–Crippen LogP) is 3.63. The second-order valence-corrected chi connectivity index (χ2v) is 9.98. The van der Waals surface area contributed by atoms with Crippen molar-refractivity contribution in [2.45, 2.75) is 57.3 Å². The van der Waals surface area contributed by atoms with Crippen LogP contribution in [0.2, 0.25) is 0 Å². The number of rotatable bonds is 9. The smallest absolute Gasteiger partial charge is 0.195 e. The number of halogens is 1. The number of fused-ring (bicyclic) bond motifs is 1. The molecular formula is C22H29FN4O2S. The van der Waals surface area contributed by atoms with Crippen molar-refractivity contribution >= 4 is 20.9 Å². The largest absolute Gasteiger partial charge is 0.340 e. The molecule has 0 saturated carbocycles. The quantitative estimate of drug-likeness (QED) is 0.558. The van der Waals surface area contributed by atoms with E-state index in [2.05, 4.69) is 23.8 Å². The maximum Gasteiger partial charge on any atom is 0.195 e. The minimum absolute atomic E-state index is 0.0153. The van der Waals surface area contributed by atoms with Gasteiger partial charge in [0, 0.05) is 30.1 Å². The van der Waals surface area contributed by atoms with Gasteiger partial charge in [-0.05, 0) is 42.6 Å². The van der Waals surface area contributed by atoms with Crippen LogP contribution >= 0.6 is 0 Å². The van der Waals surface area contributed by atoms with Gasteiger partial charge >= 0.3 is 0 Å². The lowest BCUT2D eigenvalue weighted by atomic mass is 9.99. The van der Waals surface area contributed by atoms with Gasteiger partial charge in [0.1, 0.15) is 6.17 Å². The highest BCUT2D eigenvalue weighted by Crippen LogP contribution is 2.32. The number of alkyl halides is 1. The van der Waals surface area contributed by atoms with Crippen molar-refractivity contribution in [3.05, 3.63) is 53.5 Å². The second kappa shape index (κ2) is 9.22. The van der Waals surface area contributed by atoms with Crippen LogP contribution < -0.4 is 5.73 Å². The summed E-state index contributed by atoms with van der Waals surface area (Å²) in [6, 6.07) is 7.16. The molecule has 0 spiro atoms. The van der Waals surface area contributed by atoms with Gasteiger partial charge in [0.15, 0.2) is 14.9 Å². The van der Waals surface area contributed by atoms with Gasteiger partial charge in [-0.3, -0.25) is 4.98 Å². The summed E-state index contributed by atoms with van der Waals surface area (Å²) in [6.45, 7) is 6.31. The molecule has 3 aromatic heterocycles. The molecule has 0 aromatic carbocycles. The Morgan fingerprint density at radius 3 is 2.57 bits per heavy atom. The summed E-state index contributed by atoms with van der Waals surface area (Å²) in [5.74, 6) is 0.175. The molecule has 0 fully saturated rings. The number of aromatic nitrogens is 3. The Hall–Kier alpha value is -2.32. The Morgan fingerprint density at radius 2 is 1.97 bits per heavy atom. The monoisotopic (exact) mass is 432 g/mol. The molecule has 30 heavy (non-hydrogen) atoms. The summed E-state index contributed by atoms with van der Waals surface area (Å²) < 4.78 is 40.6. The van der Waals surface area contributed by atoms with Crippen molar-refractivity contribution in [2.75, 3.05) is 12.3 Å². The zero-order valence-corrected chi connectivity index (χ0v) is 18.5. The number of nitrogens with two attached hydrogens (primary N) is 1. The third-order valence-electron chi connectivity index (χ3n) is 5.25. The Labute approximate surface area is 177 Å². The molecule has 1 unspecified atom stereocenters. The number of sulfone groups is 1. The average molecular weight is 433 g/mol. The lowest BCUT2D eigenvalue weighted by molar-refractivity contribution is 0.282. The molecule has 3 heterocycles. The van der Waals surface area contributed by atoms with E-state index >= 15 is 0 Å². The summed E-state index contributed by atoms with van der Waals surface area (Å²) in [7, 11) is -3.34. The molecular weight excluding hydrogens is 403 g/mol. The SMILES string of the molecule is CCS(=O)(=O)c1ccc(Cc2c(C(C)C)n(CC(F)CCN)c3cccnc23)cn1. The van der Waals surface area contributed by atoms with Gasteiger partial charge < -0.3 is 10.3 Å². The van der Waals surface area contributed by atoms with Gasteiger partial charge in [0.05, 0.1) is 23.3 Å². The van der Waals surface area contributed by atoms with Crippen molar-refractivity contribution in [1.82, 2.24) is 14.5 Å². The lowest BCUT2D eigenvalue weighted by Crippen LogP contribution is -2.18. The van der Waals surface area contributed by atoms with E-state index in [-0.39, 0.29) is 23.2 Å². The fourth-order valence-corrected chi connectivity index (χ4v) is 4.60. The van der Waals surface area contributed by atoms with E-state index in [4.69, 9.17) is 5.73 Å². The second-order valence-electron chi connectivity index (χ2n) is 7.76. The summed E-state index contributed by atoms with van der Waals surface area (Å²) in [4.78, 5) is 8.74. The van der Waals surface area contributed by atoms with Crippen LogP contribution in [0.5, 0.6) is 0 Å². The van der Waals surface area contributed by atoms with E-state index in [1.807, 2.05) is 16.7 Å². The minimum Gasteiger partial charge on any atom is -0.340 e. The maximum atomic E-state index is 14.5. The maximum absolute atomic E-state index is 14.5. The molecule has 0 amide bonds. The summed E-state index contributed by atoms with van der Waals surface area (Å²) in [5.41, 5.74) is 10.2. The van der Waals surface area contributed by atoms with E-state index in [0.29, 0.717) is 19.4 Å². The third kappa shape index (κ3) is 4.54. The summed E-state index contributed by atoms with van der Waals surface area (Å²) in [5, 5.41) is 0.0837. The molecule has 2 N–H and O–H groups in total. The number of hydrogen-bond donors (Lipinski definition) is 1. The van der Waals surface area contributed by atoms with Crippen LogP contribution in [-0.4, -0.2) is 41.4 Å². The first kappa shape index (κ1) is 22.4. The fraction of sp³-hybridized carbons (Fsp3) is 0.455. The van der Waals surface area contributed by atoms with Crippen LogP contribution in [0.3, 0.4) is 0 Å². The molecule has 8 heteroatoms. The van der Waals surface area contributed by atoms with Crippen molar-refractivity contribution in [1.29, 1.82) is 0 Å². The Morgan fingerprint density at radius 1 is 1.20 bits per heavy atom. The number of hydrogen-bond acceptors (Lipinski definition) is 5. The molecule has 0 radical (unpaired) electrons. The van der Waals surface area contributed by atoms with Crippen LogP contribution in [0.1, 0.15) is 49.9 Å². The molecule has 0 aliphatic heterocycles. The molecule has 162 valence electrons. The standard InChI is InChI=1S/C22H29FN4O2S/c1-4-30(28,29)20-8-7-16(13-26-20)12-18-21-19(6-5-11-25-21)27(22(18)15(2)3)14-17(23)9-10-24/h5-8,11,13,15,17H,4,9-10,12,14,24H2,1-3H3. The third-order valence-corrected chi connectivity index (χ3v) is 6.89. The molecule has 3 rings (SSSR count). The van der Waals surface area contributed by atoms with E-state index in [1.165, 1.54) is 0 Å². The Bertz CT molecular complexity index is 1110. The first-order valence-electron chi connectivity index (χ1n) is 10.3. The Kier molecular flexibility index (Phi) is 6.88. The van der Waals surface area contributed by atoms with Gasteiger partial charge in [-0.2, -0.15) is 0 Å². The lowest BCUT2D eigenvalue weighted by Gasteiger charge is -2.17. The average Bonchev–Trinajstić information content (AvgIpc) is 3.02. The van der Waals surface area contributed by atoms with E-state index in [9.17, 15) is 12.8 Å². The number of pyridine rings is 2. The van der Waals surface area contributed by atoms with Crippen molar-refractivity contribution < 1.29 is 12.8 Å². The van der Waals surface area contributed by atoms with Crippen molar-refractivity contribution in [3.63, 3.8) is 0 Å². The van der Waals surface area contributed by atoms with E-state index in [0.717, 1.165) is 27.9 Å². The molecule has 3 aromatic rings. The van der Waals surface area contributed by atoms with Crippen molar-refractivity contribution in [3.8, 4) is 0 Å². The first-order chi connectivity index (χ1) is 14.3. The molecule has 0 saturated heterocycles. The first-order valence-corrected chi connectivity index (χ1v) is 11.9. The van der Waals surface area contributed by atoms with Crippen LogP contribution in [-0.2, 0) is 22.8 Å². The molecule has 0 bridgehead atoms. The molecule has 0 aliphatic carbocycles. The summed E-state index contributed by atoms with van der Waals surface area (Å²) in [6.07, 6.45) is 3.16. The van der Waals surface area contributed by atoms with Gasteiger partial charge in [0.25, 0.3) is 0 Å². The topological polar surface area (TPSA) is 90.9 Å². The molecule has 6 nitrogen and oxygen atoms in total. The Balaban J connectivity index is 2.06. The molecule has 0 aliphatic rings. The highest BCUT2D eigenvalue weighted by Gasteiger charge is 2.23. The minimum atomic E-state index is -3.34. The van der Waals surface area contributed by atoms with Gasteiger partial charge in [-0.1, -0.05) is 26.8 Å². The number of nitrogens with zero attached hydrogens (tertiary/aromatic N) is 3. The van der Waals surface area contributed by atoms with Crippen molar-refractivity contribution in [2.24, 2.45) is 5.73 Å². The van der Waals surface area contributed by atoms with Crippen LogP contribution in [0.25, 0.3) is 11.0 Å². The molecule has 1 atom stereocenters. The zero-order valence-electron chi connectivity index (χ0n) is 17.7. The fourth-order valence-electron chi connectivity index (χ4n) is 3.81. The highest BCUT2D eigenvalue weighted by atomic mass is 32.2. The highest BCUT2D eigenvalue weighted by molar-refractivity contribution is 7.91. The van der Waals surface area contributed by atoms with E-state index < -0.39 is 16.0 Å². The van der Waals surface area contributed by atoms with Crippen LogP contribution in [0.15, 0.2) is 41.7 Å². The van der Waals surface area contributed by atoms with Gasteiger partial charge in [0.2, 0.25) is 0 Å². The van der Waals surface area contributed by atoms with Crippen LogP contribution in [0.4, 0.5) is 4.39 Å². The zero-order chi connectivity index (χ0) is 21.9. The van der Waals surface area contributed by atoms with Crippen LogP contribution in [0, 0.1) is 0 Å². The van der Waals surface area contributed by atoms with Gasteiger partial charge in [-0.25, -0.2) is 17.8 Å². The summed E-state index contributed by atoms with van der Waals surface area (Å²) >= 11 is 0. The normalized spacial score (nSPS) is 13.3. The van der Waals surface area contributed by atoms with E-state index in [1.54, 1.807) is 31.5 Å². The predicted molar refractivity (Wildman–Crippen MR) is 117 cm³/mol. The van der Waals surface area contributed by atoms with Gasteiger partial charge in [-0.15, -0.1) is 0 Å².